The molecule has 2 nitrogen and oxygen atoms in total. The van der Waals surface area contributed by atoms with Crippen LogP contribution in [0.15, 0.2) is 48.8 Å². The molecule has 30 heavy (non-hydrogen) atoms. The summed E-state index contributed by atoms with van der Waals surface area (Å²) in [6.07, 6.45) is 3.80. The Kier molecular flexibility index (Phi) is 5.64. The fourth-order valence-corrected chi connectivity index (χ4v) is 3.76. The molecule has 6 radical (unpaired) electrons. The van der Waals surface area contributed by atoms with Crippen molar-refractivity contribution in [2.24, 2.45) is 0 Å². The van der Waals surface area contributed by atoms with Crippen LogP contribution in [0.25, 0.3) is 17.1 Å². The van der Waals surface area contributed by atoms with Gasteiger partial charge in [-0.15, -0.1) is 0 Å². The first kappa shape index (κ1) is 22.5. The van der Waals surface area contributed by atoms with Crippen molar-refractivity contribution in [1.29, 1.82) is 0 Å². The number of aryl methyl sites for hydroxylation is 1. The number of nitrogens with zero attached hydrogens (tertiary/aromatic N) is 2. The van der Waals surface area contributed by atoms with Crippen LogP contribution < -0.4 is 0 Å². The summed E-state index contributed by atoms with van der Waals surface area (Å²) in [6, 6.07) is 12.5. The summed E-state index contributed by atoms with van der Waals surface area (Å²) in [5.74, 6) is 0.865. The first-order valence-electron chi connectivity index (χ1n) is 10.4. The number of aromatic nitrogens is 2. The van der Waals surface area contributed by atoms with E-state index >= 15 is 0 Å². The smallest absolute Gasteiger partial charge is 0.144 e. The summed E-state index contributed by atoms with van der Waals surface area (Å²) in [4.78, 5) is 4.70. The van der Waals surface area contributed by atoms with Crippen molar-refractivity contribution in [2.75, 3.05) is 0 Å². The Morgan fingerprint density at radius 1 is 0.800 bits per heavy atom. The fraction of sp³-hybridized carbons (Fsp3) is 0.400. The first-order chi connectivity index (χ1) is 13.7. The van der Waals surface area contributed by atoms with Gasteiger partial charge in [0.2, 0.25) is 0 Å². The van der Waals surface area contributed by atoms with Gasteiger partial charge in [-0.2, -0.15) is 0 Å². The lowest BCUT2D eigenvalue weighted by Crippen LogP contribution is -2.29. The van der Waals surface area contributed by atoms with E-state index in [1.807, 2.05) is 66.1 Å². The molecule has 5 heteroatoms. The van der Waals surface area contributed by atoms with Gasteiger partial charge in [0, 0.05) is 18.0 Å². The highest BCUT2D eigenvalue weighted by molar-refractivity contribution is 6.18. The van der Waals surface area contributed by atoms with Crippen molar-refractivity contribution in [3.05, 3.63) is 71.0 Å². The highest BCUT2D eigenvalue weighted by Crippen LogP contribution is 2.39. The van der Waals surface area contributed by atoms with E-state index in [0.717, 1.165) is 39.3 Å². The zero-order valence-electron chi connectivity index (χ0n) is 19.2. The lowest BCUT2D eigenvalue weighted by molar-refractivity contribution is 0.697. The highest BCUT2D eigenvalue weighted by Gasteiger charge is 2.30. The summed E-state index contributed by atoms with van der Waals surface area (Å²) >= 11 is 0. The number of rotatable bonds is 5. The average Bonchev–Trinajstić information content (AvgIpc) is 3.07. The quantitative estimate of drug-likeness (QED) is 0.558. The third-order valence-corrected chi connectivity index (χ3v) is 5.51. The maximum Gasteiger partial charge on any atom is 0.144 e. The second-order valence-electron chi connectivity index (χ2n) is 10.0. The third-order valence-electron chi connectivity index (χ3n) is 5.51. The minimum atomic E-state index is -0.607. The zero-order chi connectivity index (χ0) is 22.5. The Morgan fingerprint density at radius 3 is 1.80 bits per heavy atom. The maximum atomic E-state index is 6.69. The molecule has 0 atom stereocenters. The van der Waals surface area contributed by atoms with Gasteiger partial charge in [-0.05, 0) is 39.6 Å². The van der Waals surface area contributed by atoms with Crippen LogP contribution in [-0.4, -0.2) is 33.1 Å². The second kappa shape index (κ2) is 7.52. The van der Waals surface area contributed by atoms with Gasteiger partial charge in [0.15, 0.2) is 0 Å². The van der Waals surface area contributed by atoms with Crippen molar-refractivity contribution in [2.45, 2.75) is 64.4 Å². The maximum absolute atomic E-state index is 6.69. The van der Waals surface area contributed by atoms with Crippen LogP contribution in [0.1, 0.15) is 63.8 Å². The van der Waals surface area contributed by atoms with E-state index in [9.17, 15) is 0 Å². The van der Waals surface area contributed by atoms with E-state index in [0.29, 0.717) is 0 Å². The second-order valence-corrected chi connectivity index (χ2v) is 10.0. The van der Waals surface area contributed by atoms with Crippen molar-refractivity contribution < 1.29 is 0 Å². The summed E-state index contributed by atoms with van der Waals surface area (Å²) in [5, 5.41) is -1.74. The lowest BCUT2D eigenvalue weighted by Gasteiger charge is -2.35. The number of hydrogen-bond acceptors (Lipinski definition) is 1. The summed E-state index contributed by atoms with van der Waals surface area (Å²) in [5.41, 5.74) is 6.18. The molecule has 0 aliphatic carbocycles. The Balaban J connectivity index is 2.44. The first-order valence-corrected chi connectivity index (χ1v) is 10.4. The van der Waals surface area contributed by atoms with Gasteiger partial charge in [0.25, 0.3) is 0 Å². The van der Waals surface area contributed by atoms with Crippen LogP contribution in [0.4, 0.5) is 0 Å². The van der Waals surface area contributed by atoms with Crippen LogP contribution in [-0.2, 0) is 15.9 Å². The van der Waals surface area contributed by atoms with E-state index in [-0.39, 0.29) is 0 Å². The largest absolute Gasteiger partial charge is 0.299 e. The SMILES string of the molecule is [B]C(C)(C)c1cc(C([B])(C)C)c(-n2ccnc2-c2ccccc2C)c(C([B])(C)C)c1. The van der Waals surface area contributed by atoms with Crippen LogP contribution in [0.3, 0.4) is 0 Å². The van der Waals surface area contributed by atoms with E-state index in [1.165, 1.54) is 0 Å². The molecule has 1 heterocycles. The van der Waals surface area contributed by atoms with Crippen LogP contribution in [0, 0.1) is 6.92 Å². The van der Waals surface area contributed by atoms with E-state index in [2.05, 4.69) is 35.8 Å². The highest BCUT2D eigenvalue weighted by atomic mass is 15.1. The molecule has 0 amide bonds. The molecule has 0 aliphatic heterocycles. The van der Waals surface area contributed by atoms with E-state index < -0.39 is 15.9 Å². The molecule has 148 valence electrons. The molecule has 0 N–H and O–H groups in total. The summed E-state index contributed by atoms with van der Waals surface area (Å²) < 4.78 is 2.11. The molecule has 3 aromatic rings. The third kappa shape index (κ3) is 4.31. The van der Waals surface area contributed by atoms with Crippen molar-refractivity contribution in [3.8, 4) is 17.1 Å². The number of imidazole rings is 1. The predicted molar refractivity (Wildman–Crippen MR) is 130 cm³/mol. The van der Waals surface area contributed by atoms with Gasteiger partial charge in [-0.1, -0.05) is 83.5 Å². The monoisotopic (exact) mass is 390 g/mol. The molecular formula is C25H29B3N2. The molecule has 0 spiro atoms. The van der Waals surface area contributed by atoms with Crippen molar-refractivity contribution in [1.82, 2.24) is 9.55 Å². The van der Waals surface area contributed by atoms with Gasteiger partial charge in [0.05, 0.1) is 29.2 Å². The molecule has 0 fully saturated rings. The Labute approximate surface area is 185 Å². The molecule has 0 saturated heterocycles. The van der Waals surface area contributed by atoms with Crippen LogP contribution in [0.2, 0.25) is 0 Å². The van der Waals surface area contributed by atoms with Gasteiger partial charge < -0.3 is 0 Å². The van der Waals surface area contributed by atoms with Crippen molar-refractivity contribution >= 4 is 23.5 Å². The molecule has 0 bridgehead atoms. The van der Waals surface area contributed by atoms with Gasteiger partial charge in [-0.3, -0.25) is 4.57 Å². The topological polar surface area (TPSA) is 17.8 Å². The Morgan fingerprint density at radius 2 is 1.33 bits per heavy atom. The minimum absolute atomic E-state index is 0.522. The predicted octanol–water partition coefficient (Wildman–Crippen LogP) is 5.06. The Bertz CT molecular complexity index is 1030. The summed E-state index contributed by atoms with van der Waals surface area (Å²) in [6.45, 7) is 14.1. The normalized spacial score (nSPS) is 12.9. The average molecular weight is 390 g/mol. The molecule has 0 saturated carbocycles. The van der Waals surface area contributed by atoms with Gasteiger partial charge >= 0.3 is 0 Å². The van der Waals surface area contributed by atoms with Crippen LogP contribution >= 0.6 is 0 Å². The minimum Gasteiger partial charge on any atom is -0.299 e. The molecular weight excluding hydrogens is 361 g/mol. The van der Waals surface area contributed by atoms with Crippen molar-refractivity contribution in [3.63, 3.8) is 0 Å². The molecule has 0 unspecified atom stereocenters. The lowest BCUT2D eigenvalue weighted by atomic mass is 9.59. The molecule has 3 rings (SSSR count). The molecule has 0 aliphatic rings. The van der Waals surface area contributed by atoms with E-state index in [4.69, 9.17) is 28.5 Å². The van der Waals surface area contributed by atoms with Gasteiger partial charge in [-0.25, -0.2) is 4.98 Å². The van der Waals surface area contributed by atoms with Gasteiger partial charge in [0.1, 0.15) is 5.82 Å². The molecule has 2 aromatic carbocycles. The van der Waals surface area contributed by atoms with Crippen LogP contribution in [0.5, 0.6) is 0 Å². The Hall–Kier alpha value is -2.16. The fourth-order valence-electron chi connectivity index (χ4n) is 3.76. The van der Waals surface area contributed by atoms with E-state index in [1.54, 1.807) is 0 Å². The molecule has 1 aromatic heterocycles. The number of benzene rings is 2. The number of hydrogen-bond donors (Lipinski definition) is 0. The zero-order valence-corrected chi connectivity index (χ0v) is 19.2. The standard InChI is InChI=1S/C25H29B3N2/c1-16-10-8-9-11-18(16)22-29-12-13-30(22)21-19(24(4,5)27)14-17(23(2,3)26)15-20(21)25(6,7)28/h8-15H,1-7H3. The summed E-state index contributed by atoms with van der Waals surface area (Å²) in [7, 11) is 19.9.